The number of aliphatic hydroxyl groups is 5. The fourth-order valence-electron chi connectivity index (χ4n) is 6.18. The lowest BCUT2D eigenvalue weighted by molar-refractivity contribution is -0.119. The van der Waals surface area contributed by atoms with Crippen LogP contribution < -0.4 is 27.4 Å². The van der Waals surface area contributed by atoms with Gasteiger partial charge in [0.2, 0.25) is 0 Å². The number of aromatic nitrogens is 2. The third-order valence-corrected chi connectivity index (χ3v) is 9.70. The van der Waals surface area contributed by atoms with E-state index in [0.717, 1.165) is 42.4 Å². The van der Waals surface area contributed by atoms with Gasteiger partial charge in [0.05, 0.1) is 18.8 Å². The Morgan fingerprint density at radius 2 is 1.58 bits per heavy atom. The van der Waals surface area contributed by atoms with Gasteiger partial charge in [-0.2, -0.15) is 0 Å². The highest BCUT2D eigenvalue weighted by atomic mass is 35.5. The van der Waals surface area contributed by atoms with Crippen molar-refractivity contribution in [2.45, 2.75) is 83.0 Å². The highest BCUT2D eigenvalue weighted by molar-refractivity contribution is 6.31. The second kappa shape index (κ2) is 23.1. The molecule has 1 aromatic heterocycles. The maximum Gasteiger partial charge on any atom is 0.405 e. The molecule has 55 heavy (non-hydrogen) atoms. The van der Waals surface area contributed by atoms with Gasteiger partial charge in [-0.15, -0.1) is 0 Å². The molecule has 3 rings (SSSR count). The van der Waals surface area contributed by atoms with E-state index in [-0.39, 0.29) is 41.5 Å². The number of carbonyl (C=O) groups is 2. The summed E-state index contributed by atoms with van der Waals surface area (Å²) in [7, 11) is 0. The summed E-state index contributed by atoms with van der Waals surface area (Å²) in [5.74, 6) is -0.741. The molecular weight excluding hydrogens is 732 g/mol. The Balaban J connectivity index is 1.70. The number of benzene rings is 2. The number of hydrogen-bond acceptors (Lipinski definition) is 13. The number of rotatable bonds is 24. The van der Waals surface area contributed by atoms with Crippen LogP contribution in [0.1, 0.15) is 71.4 Å². The molecule has 1 heterocycles. The molecule has 2 unspecified atom stereocenters. The molecule has 3 aromatic rings. The number of nitrogen functional groups attached to an aromatic ring is 2. The number of hydrogen-bond donors (Lipinski definition) is 11. The molecule has 0 saturated heterocycles. The van der Waals surface area contributed by atoms with Gasteiger partial charge >= 0.3 is 6.09 Å². The van der Waals surface area contributed by atoms with E-state index >= 15 is 0 Å². The Bertz CT molecular complexity index is 1640. The lowest BCUT2D eigenvalue weighted by Gasteiger charge is -2.32. The summed E-state index contributed by atoms with van der Waals surface area (Å²) >= 11 is 5.98. The maximum absolute atomic E-state index is 13.0. The zero-order chi connectivity index (χ0) is 40.5. The van der Waals surface area contributed by atoms with Gasteiger partial charge in [0.15, 0.2) is 22.5 Å². The summed E-state index contributed by atoms with van der Waals surface area (Å²) in [5, 5.41) is 68.7. The predicted octanol–water partition coefficient (Wildman–Crippen LogP) is 1.61. The molecule has 0 bridgehead atoms. The smallest absolute Gasteiger partial charge is 0.405 e. The van der Waals surface area contributed by atoms with Crippen molar-refractivity contribution in [3.8, 4) is 0 Å². The first kappa shape index (κ1) is 45.3. The summed E-state index contributed by atoms with van der Waals surface area (Å²) in [6.45, 7) is 5.17. The minimum atomic E-state index is -1.77. The largest absolute Gasteiger partial charge is 0.465 e. The van der Waals surface area contributed by atoms with Crippen LogP contribution in [0.2, 0.25) is 5.15 Å². The van der Waals surface area contributed by atoms with E-state index < -0.39 is 49.1 Å². The van der Waals surface area contributed by atoms with Crippen molar-refractivity contribution in [3.05, 3.63) is 81.6 Å². The molecule has 0 spiro atoms. The highest BCUT2D eigenvalue weighted by Gasteiger charge is 2.32. The Morgan fingerprint density at radius 1 is 0.891 bits per heavy atom. The lowest BCUT2D eigenvalue weighted by atomic mass is 9.95. The molecule has 0 aliphatic heterocycles. The van der Waals surface area contributed by atoms with Gasteiger partial charge in [-0.3, -0.25) is 9.69 Å². The number of unbranched alkanes of at least 4 members (excludes halogenated alkanes) is 3. The average molecular weight is 789 g/mol. The average Bonchev–Trinajstić information content (AvgIpc) is 3.16. The number of aryl methyl sites for hydroxylation is 1. The molecule has 2 amide bonds. The van der Waals surface area contributed by atoms with Crippen LogP contribution in [0.5, 0.6) is 0 Å². The predicted molar refractivity (Wildman–Crippen MR) is 210 cm³/mol. The van der Waals surface area contributed by atoms with Gasteiger partial charge in [-0.1, -0.05) is 86.3 Å². The van der Waals surface area contributed by atoms with Crippen LogP contribution in [0.15, 0.2) is 48.5 Å². The standard InChI is InChI=1S/C38H57ClN8O8/c1-3-4-5-8-15-47(21-29(49)32(51)33(52)30(50)22-48)20-28(44-38(54)55)26-13-11-24(12-14-26)17-42-18-25(16-27-10-7-6-9-23(27)2)19-43-37(53)31-35(40)46-36(41)34(39)45-31/h6-7,9-14,25,28-30,32-33,42,44,48-52H,3-5,8,15-22H2,1-2H3,(H,43,53)(H,54,55)(H4,40,41,46)/t25?,28?,29-,30+,32+,33+/m0/s1. The van der Waals surface area contributed by atoms with E-state index in [0.29, 0.717) is 38.2 Å². The zero-order valence-corrected chi connectivity index (χ0v) is 32.2. The van der Waals surface area contributed by atoms with E-state index in [1.54, 1.807) is 0 Å². The Labute approximate surface area is 326 Å². The van der Waals surface area contributed by atoms with E-state index in [4.69, 9.17) is 28.2 Å². The van der Waals surface area contributed by atoms with Crippen molar-refractivity contribution in [1.29, 1.82) is 0 Å². The van der Waals surface area contributed by atoms with E-state index in [1.165, 1.54) is 0 Å². The normalized spacial score (nSPS) is 14.9. The fraction of sp³-hybridized carbons (Fsp3) is 0.526. The van der Waals surface area contributed by atoms with Gasteiger partial charge in [-0.25, -0.2) is 14.8 Å². The molecule has 2 aromatic carbocycles. The molecule has 6 atom stereocenters. The van der Waals surface area contributed by atoms with Gasteiger partial charge in [-0.05, 0) is 54.5 Å². The van der Waals surface area contributed by atoms with Crippen molar-refractivity contribution in [1.82, 2.24) is 30.8 Å². The second-order valence-electron chi connectivity index (χ2n) is 13.8. The summed E-state index contributed by atoms with van der Waals surface area (Å²) in [6, 6.07) is 14.8. The molecule has 13 N–H and O–H groups in total. The third kappa shape index (κ3) is 14.8. The van der Waals surface area contributed by atoms with Gasteiger partial charge < -0.3 is 58.1 Å². The van der Waals surface area contributed by atoms with Crippen LogP contribution in [0, 0.1) is 12.8 Å². The van der Waals surface area contributed by atoms with Crippen molar-refractivity contribution in [2.75, 3.05) is 50.8 Å². The summed E-state index contributed by atoms with van der Waals surface area (Å²) in [5.41, 5.74) is 15.3. The van der Waals surface area contributed by atoms with Crippen LogP contribution in [0.25, 0.3) is 0 Å². The first-order valence-electron chi connectivity index (χ1n) is 18.5. The topological polar surface area (TPSA) is 273 Å². The second-order valence-corrected chi connectivity index (χ2v) is 14.2. The lowest BCUT2D eigenvalue weighted by Crippen LogP contribution is -2.50. The molecule has 0 fully saturated rings. The number of halogens is 1. The summed E-state index contributed by atoms with van der Waals surface area (Å²) < 4.78 is 0. The van der Waals surface area contributed by atoms with Crippen molar-refractivity contribution in [2.24, 2.45) is 5.92 Å². The Morgan fingerprint density at radius 3 is 2.24 bits per heavy atom. The molecule has 16 nitrogen and oxygen atoms in total. The van der Waals surface area contributed by atoms with Crippen molar-refractivity contribution < 1.29 is 40.2 Å². The maximum atomic E-state index is 13.0. The first-order valence-corrected chi connectivity index (χ1v) is 18.9. The summed E-state index contributed by atoms with van der Waals surface area (Å²) in [4.78, 5) is 34.6. The zero-order valence-electron chi connectivity index (χ0n) is 31.4. The molecule has 0 radical (unpaired) electrons. The number of carbonyl (C=O) groups excluding carboxylic acids is 1. The number of anilines is 2. The molecule has 0 aliphatic carbocycles. The van der Waals surface area contributed by atoms with E-state index in [2.05, 4.69) is 32.8 Å². The van der Waals surface area contributed by atoms with Crippen LogP contribution in [0.3, 0.4) is 0 Å². The SMILES string of the molecule is CCCCCCN(CC(NC(=O)O)c1ccc(CNCC(CNC(=O)c2nc(Cl)c(N)nc2N)Cc2ccccc2C)cc1)C[C@H](O)[C@@H](O)[C@H](O)[C@H](O)CO. The third-order valence-electron chi connectivity index (χ3n) is 9.42. The number of aliphatic hydroxyl groups excluding tert-OH is 5. The van der Waals surface area contributed by atoms with Crippen LogP contribution in [-0.2, 0) is 13.0 Å². The Hall–Kier alpha value is -4.13. The minimum Gasteiger partial charge on any atom is -0.465 e. The van der Waals surface area contributed by atoms with Crippen LogP contribution in [-0.4, -0.2) is 121 Å². The quantitative estimate of drug-likeness (QED) is 0.0576. The monoisotopic (exact) mass is 788 g/mol. The van der Waals surface area contributed by atoms with Gasteiger partial charge in [0.25, 0.3) is 5.91 Å². The Kier molecular flexibility index (Phi) is 19.0. The molecule has 0 saturated carbocycles. The number of nitrogens with one attached hydrogen (secondary N) is 3. The van der Waals surface area contributed by atoms with E-state index in [1.807, 2.05) is 60.4 Å². The van der Waals surface area contributed by atoms with Crippen LogP contribution >= 0.6 is 11.6 Å². The highest BCUT2D eigenvalue weighted by Crippen LogP contribution is 2.20. The van der Waals surface area contributed by atoms with Crippen molar-refractivity contribution >= 4 is 35.2 Å². The van der Waals surface area contributed by atoms with E-state index in [9.17, 15) is 35.1 Å². The molecule has 0 aliphatic rings. The number of carboxylic acid groups (broad SMARTS) is 1. The molecular formula is C38H57ClN8O8. The number of nitrogens with zero attached hydrogens (tertiary/aromatic N) is 3. The van der Waals surface area contributed by atoms with Crippen LogP contribution in [0.4, 0.5) is 16.4 Å². The number of nitrogens with two attached hydrogens (primary N) is 2. The minimum absolute atomic E-state index is 0.0305. The number of amides is 2. The van der Waals surface area contributed by atoms with Crippen molar-refractivity contribution in [3.63, 3.8) is 0 Å². The molecule has 17 heteroatoms. The first-order chi connectivity index (χ1) is 26.2. The fourth-order valence-corrected chi connectivity index (χ4v) is 6.31. The van der Waals surface area contributed by atoms with Gasteiger partial charge in [0.1, 0.15) is 18.3 Å². The molecule has 304 valence electrons. The van der Waals surface area contributed by atoms with Gasteiger partial charge in [0, 0.05) is 32.7 Å². The summed E-state index contributed by atoms with van der Waals surface area (Å²) in [6.07, 6.45) is -3.50.